The molecule has 1 heterocycles. The van der Waals surface area contributed by atoms with Gasteiger partial charge in [0.2, 0.25) is 0 Å². The Morgan fingerprint density at radius 2 is 2.05 bits per heavy atom. The number of rotatable bonds is 2. The Hall–Kier alpha value is -1.89. The molecule has 0 aliphatic heterocycles. The van der Waals surface area contributed by atoms with Gasteiger partial charge >= 0.3 is 0 Å². The smallest absolute Gasteiger partial charge is 0.271 e. The van der Waals surface area contributed by atoms with E-state index in [0.717, 1.165) is 37.8 Å². The number of nitrogens with zero attached hydrogens (tertiary/aromatic N) is 2. The summed E-state index contributed by atoms with van der Waals surface area (Å²) in [6, 6.07) is 0. The van der Waals surface area contributed by atoms with Gasteiger partial charge in [-0.2, -0.15) is 0 Å². The van der Waals surface area contributed by atoms with E-state index in [4.69, 9.17) is 6.42 Å². The fourth-order valence-corrected chi connectivity index (χ4v) is 5.46. The predicted molar refractivity (Wildman–Crippen MR) is 82.9 cm³/mol. The van der Waals surface area contributed by atoms with E-state index in [1.54, 1.807) is 12.4 Å². The average Bonchev–Trinajstić information content (AvgIpc) is 2.45. The van der Waals surface area contributed by atoms with E-state index in [9.17, 15) is 4.79 Å². The number of terminal acetylenes is 1. The molecule has 4 heteroatoms. The number of carbonyl (C=O) groups is 1. The van der Waals surface area contributed by atoms with Gasteiger partial charge in [0.25, 0.3) is 5.91 Å². The van der Waals surface area contributed by atoms with Crippen LogP contribution in [0.5, 0.6) is 0 Å². The molecule has 4 aliphatic carbocycles. The molecule has 0 radical (unpaired) electrons. The summed E-state index contributed by atoms with van der Waals surface area (Å²) in [6.45, 7) is 1.85. The molecule has 0 spiro atoms. The van der Waals surface area contributed by atoms with Gasteiger partial charge in [-0.05, 0) is 57.3 Å². The van der Waals surface area contributed by atoms with Crippen LogP contribution in [0.4, 0.5) is 0 Å². The number of nitrogens with one attached hydrogen (secondary N) is 1. The lowest BCUT2D eigenvalue weighted by molar-refractivity contribution is -0.0484. The van der Waals surface area contributed by atoms with Crippen LogP contribution in [-0.2, 0) is 0 Å². The number of aromatic nitrogens is 2. The number of aryl methyl sites for hydroxylation is 1. The lowest BCUT2D eigenvalue weighted by Crippen LogP contribution is -2.62. The van der Waals surface area contributed by atoms with E-state index < -0.39 is 0 Å². The SMILES string of the molecule is C#CC12CC3CC(C1)CC(NC(=O)c1cncc(C)n1)(C3)C2. The summed E-state index contributed by atoms with van der Waals surface area (Å²) in [5.41, 5.74) is 1.05. The van der Waals surface area contributed by atoms with Gasteiger partial charge in [0.05, 0.1) is 11.9 Å². The van der Waals surface area contributed by atoms with Crippen LogP contribution in [0.25, 0.3) is 0 Å². The van der Waals surface area contributed by atoms with Gasteiger partial charge in [0, 0.05) is 17.2 Å². The molecule has 2 unspecified atom stereocenters. The summed E-state index contributed by atoms with van der Waals surface area (Å²) in [5.74, 6) is 4.31. The van der Waals surface area contributed by atoms with E-state index in [0.29, 0.717) is 17.5 Å². The summed E-state index contributed by atoms with van der Waals surface area (Å²) in [5, 5.41) is 3.29. The Morgan fingerprint density at radius 1 is 1.32 bits per heavy atom. The Kier molecular flexibility index (Phi) is 2.84. The molecule has 4 bridgehead atoms. The van der Waals surface area contributed by atoms with E-state index in [2.05, 4.69) is 21.2 Å². The third-order valence-electron chi connectivity index (χ3n) is 5.73. The van der Waals surface area contributed by atoms with Crippen LogP contribution >= 0.6 is 0 Å². The van der Waals surface area contributed by atoms with Crippen LogP contribution in [0.15, 0.2) is 12.4 Å². The molecule has 1 aromatic rings. The molecular weight excluding hydrogens is 274 g/mol. The fourth-order valence-electron chi connectivity index (χ4n) is 5.46. The van der Waals surface area contributed by atoms with Crippen molar-refractivity contribution in [2.45, 2.75) is 51.0 Å². The van der Waals surface area contributed by atoms with Crippen LogP contribution in [0.2, 0.25) is 0 Å². The molecule has 2 atom stereocenters. The monoisotopic (exact) mass is 295 g/mol. The summed E-state index contributed by atoms with van der Waals surface area (Å²) in [6.07, 6.45) is 15.7. The summed E-state index contributed by atoms with van der Waals surface area (Å²) in [4.78, 5) is 21.0. The number of hydrogen-bond donors (Lipinski definition) is 1. The van der Waals surface area contributed by atoms with Crippen LogP contribution < -0.4 is 5.32 Å². The zero-order valence-corrected chi connectivity index (χ0v) is 12.9. The molecule has 4 nitrogen and oxygen atoms in total. The quantitative estimate of drug-likeness (QED) is 0.853. The van der Waals surface area contributed by atoms with Gasteiger partial charge in [-0.3, -0.25) is 9.78 Å². The molecule has 1 aromatic heterocycles. The molecule has 1 N–H and O–H groups in total. The first kappa shape index (κ1) is 13.8. The molecule has 114 valence electrons. The fraction of sp³-hybridized carbons (Fsp3) is 0.611. The summed E-state index contributed by atoms with van der Waals surface area (Å²) in [7, 11) is 0. The second-order valence-electron chi connectivity index (χ2n) is 7.67. The highest BCUT2D eigenvalue weighted by Gasteiger charge is 2.57. The maximum atomic E-state index is 12.6. The molecule has 0 saturated heterocycles. The second kappa shape index (κ2) is 4.55. The van der Waals surface area contributed by atoms with Crippen molar-refractivity contribution in [2.75, 3.05) is 0 Å². The lowest BCUT2D eigenvalue weighted by atomic mass is 9.47. The molecule has 4 fully saturated rings. The Balaban J connectivity index is 1.60. The van der Waals surface area contributed by atoms with Gasteiger partial charge in [-0.15, -0.1) is 6.42 Å². The van der Waals surface area contributed by atoms with Gasteiger partial charge in [-0.1, -0.05) is 5.92 Å². The van der Waals surface area contributed by atoms with Crippen LogP contribution in [0, 0.1) is 36.5 Å². The molecular formula is C18H21N3O. The van der Waals surface area contributed by atoms with E-state index in [-0.39, 0.29) is 16.9 Å². The van der Waals surface area contributed by atoms with Crippen molar-refractivity contribution in [1.82, 2.24) is 15.3 Å². The van der Waals surface area contributed by atoms with Crippen molar-refractivity contribution >= 4 is 5.91 Å². The Bertz CT molecular complexity index is 661. The molecule has 4 aliphatic rings. The van der Waals surface area contributed by atoms with Crippen molar-refractivity contribution in [3.63, 3.8) is 0 Å². The van der Waals surface area contributed by atoms with Gasteiger partial charge in [0.15, 0.2) is 0 Å². The standard InChI is InChI=1S/C18H21N3O/c1-3-17-5-13-4-14(6-17)8-18(7-13,11-17)21-16(22)15-10-19-9-12(2)20-15/h1,9-10,13-14H,4-8,11H2,2H3,(H,21,22). The number of carbonyl (C=O) groups excluding carboxylic acids is 1. The normalized spacial score (nSPS) is 38.5. The predicted octanol–water partition coefficient (Wildman–Crippen LogP) is 2.49. The maximum Gasteiger partial charge on any atom is 0.271 e. The Morgan fingerprint density at radius 3 is 2.68 bits per heavy atom. The molecule has 1 amide bonds. The van der Waals surface area contributed by atoms with Crippen molar-refractivity contribution in [3.8, 4) is 12.3 Å². The first-order valence-electron chi connectivity index (χ1n) is 8.10. The maximum absolute atomic E-state index is 12.6. The minimum absolute atomic E-state index is 0.00957. The highest BCUT2D eigenvalue weighted by atomic mass is 16.2. The molecule has 0 aromatic carbocycles. The molecule has 22 heavy (non-hydrogen) atoms. The van der Waals surface area contributed by atoms with E-state index >= 15 is 0 Å². The minimum Gasteiger partial charge on any atom is -0.345 e. The highest BCUT2D eigenvalue weighted by molar-refractivity contribution is 5.92. The first-order valence-corrected chi connectivity index (χ1v) is 8.10. The summed E-state index contributed by atoms with van der Waals surface area (Å²) >= 11 is 0. The Labute approximate surface area is 131 Å². The third-order valence-corrected chi connectivity index (χ3v) is 5.73. The second-order valence-corrected chi connectivity index (χ2v) is 7.67. The first-order chi connectivity index (χ1) is 10.5. The molecule has 4 saturated carbocycles. The largest absolute Gasteiger partial charge is 0.345 e. The zero-order valence-electron chi connectivity index (χ0n) is 12.9. The zero-order chi connectivity index (χ0) is 15.4. The van der Waals surface area contributed by atoms with Crippen molar-refractivity contribution in [1.29, 1.82) is 0 Å². The lowest BCUT2D eigenvalue weighted by Gasteiger charge is -2.60. The number of amides is 1. The van der Waals surface area contributed by atoms with Gasteiger partial charge < -0.3 is 5.32 Å². The van der Waals surface area contributed by atoms with Crippen molar-refractivity contribution in [3.05, 3.63) is 23.8 Å². The minimum atomic E-state index is -0.126. The van der Waals surface area contributed by atoms with Gasteiger partial charge in [-0.25, -0.2) is 4.98 Å². The number of hydrogen-bond acceptors (Lipinski definition) is 3. The van der Waals surface area contributed by atoms with E-state index in [1.165, 1.54) is 6.42 Å². The van der Waals surface area contributed by atoms with Crippen molar-refractivity contribution < 1.29 is 4.79 Å². The molecule has 5 rings (SSSR count). The topological polar surface area (TPSA) is 54.9 Å². The van der Waals surface area contributed by atoms with E-state index in [1.807, 2.05) is 6.92 Å². The van der Waals surface area contributed by atoms with Crippen LogP contribution in [0.3, 0.4) is 0 Å². The summed E-state index contributed by atoms with van der Waals surface area (Å²) < 4.78 is 0. The van der Waals surface area contributed by atoms with Crippen LogP contribution in [0.1, 0.15) is 54.7 Å². The third kappa shape index (κ3) is 2.11. The van der Waals surface area contributed by atoms with Crippen LogP contribution in [-0.4, -0.2) is 21.4 Å². The average molecular weight is 295 g/mol. The van der Waals surface area contributed by atoms with Crippen molar-refractivity contribution in [2.24, 2.45) is 17.3 Å². The highest BCUT2D eigenvalue weighted by Crippen LogP contribution is 2.61. The van der Waals surface area contributed by atoms with Gasteiger partial charge in [0.1, 0.15) is 5.69 Å².